The number of carbonyl (C=O) groups is 2. The molecular weight excluding hydrogens is 268 g/mol. The summed E-state index contributed by atoms with van der Waals surface area (Å²) in [4.78, 5) is 23.3. The van der Waals surface area contributed by atoms with E-state index >= 15 is 0 Å². The molecule has 0 bridgehead atoms. The predicted octanol–water partition coefficient (Wildman–Crippen LogP) is 1.61. The summed E-state index contributed by atoms with van der Waals surface area (Å²) in [6, 6.07) is 7.82. The van der Waals surface area contributed by atoms with Gasteiger partial charge in [-0.3, -0.25) is 9.59 Å². The Hall–Kier alpha value is -1.88. The summed E-state index contributed by atoms with van der Waals surface area (Å²) in [7, 11) is 1.65. The van der Waals surface area contributed by atoms with Crippen LogP contribution in [0.15, 0.2) is 24.3 Å². The SMILES string of the molecule is COCc1ccc(CNC(=O)CNC(=O)C(C)(C)C)cc1. The zero-order chi connectivity index (χ0) is 15.9. The summed E-state index contributed by atoms with van der Waals surface area (Å²) in [5, 5.41) is 5.39. The highest BCUT2D eigenvalue weighted by Gasteiger charge is 2.21. The Morgan fingerprint density at radius 3 is 2.14 bits per heavy atom. The molecule has 0 radical (unpaired) electrons. The molecule has 0 saturated carbocycles. The first-order chi connectivity index (χ1) is 9.82. The van der Waals surface area contributed by atoms with Crippen molar-refractivity contribution in [1.82, 2.24) is 10.6 Å². The second kappa shape index (κ2) is 7.78. The normalized spacial score (nSPS) is 11.0. The monoisotopic (exact) mass is 292 g/mol. The lowest BCUT2D eigenvalue weighted by atomic mass is 9.96. The van der Waals surface area contributed by atoms with Gasteiger partial charge in [0.2, 0.25) is 11.8 Å². The average Bonchev–Trinajstić information content (AvgIpc) is 2.43. The highest BCUT2D eigenvalue weighted by Crippen LogP contribution is 2.11. The second-order valence-corrected chi connectivity index (χ2v) is 5.96. The maximum atomic E-state index is 11.7. The quantitative estimate of drug-likeness (QED) is 0.837. The van der Waals surface area contributed by atoms with Crippen LogP contribution in [0.3, 0.4) is 0 Å². The number of carbonyl (C=O) groups excluding carboxylic acids is 2. The van der Waals surface area contributed by atoms with Crippen LogP contribution in [-0.4, -0.2) is 25.5 Å². The third-order valence-electron chi connectivity index (χ3n) is 2.91. The summed E-state index contributed by atoms with van der Waals surface area (Å²) in [5.74, 6) is -0.338. The molecule has 0 unspecified atom stereocenters. The molecule has 2 amide bonds. The number of rotatable bonds is 6. The maximum absolute atomic E-state index is 11.7. The van der Waals surface area contributed by atoms with Gasteiger partial charge in [-0.1, -0.05) is 45.0 Å². The van der Waals surface area contributed by atoms with E-state index in [1.165, 1.54) is 0 Å². The molecule has 5 heteroatoms. The fourth-order valence-corrected chi connectivity index (χ4v) is 1.61. The molecule has 1 aromatic carbocycles. The molecule has 21 heavy (non-hydrogen) atoms. The first-order valence-corrected chi connectivity index (χ1v) is 6.94. The molecule has 0 aliphatic heterocycles. The third kappa shape index (κ3) is 6.40. The van der Waals surface area contributed by atoms with Gasteiger partial charge in [-0.2, -0.15) is 0 Å². The van der Waals surface area contributed by atoms with Gasteiger partial charge in [0.15, 0.2) is 0 Å². The van der Waals surface area contributed by atoms with Gasteiger partial charge in [0.25, 0.3) is 0 Å². The Morgan fingerprint density at radius 1 is 1.05 bits per heavy atom. The molecule has 1 aromatic rings. The number of amides is 2. The molecule has 0 atom stereocenters. The fraction of sp³-hybridized carbons (Fsp3) is 0.500. The van der Waals surface area contributed by atoms with Crippen molar-refractivity contribution in [1.29, 1.82) is 0 Å². The van der Waals surface area contributed by atoms with Gasteiger partial charge in [0, 0.05) is 19.1 Å². The van der Waals surface area contributed by atoms with Gasteiger partial charge >= 0.3 is 0 Å². The van der Waals surface area contributed by atoms with E-state index in [0.717, 1.165) is 11.1 Å². The van der Waals surface area contributed by atoms with E-state index in [1.807, 2.05) is 45.0 Å². The van der Waals surface area contributed by atoms with Crippen molar-refractivity contribution in [2.45, 2.75) is 33.9 Å². The first-order valence-electron chi connectivity index (χ1n) is 6.94. The number of benzene rings is 1. The van der Waals surface area contributed by atoms with Crippen molar-refractivity contribution < 1.29 is 14.3 Å². The summed E-state index contributed by atoms with van der Waals surface area (Å²) in [6.07, 6.45) is 0. The summed E-state index contributed by atoms with van der Waals surface area (Å²) >= 11 is 0. The van der Waals surface area contributed by atoms with E-state index in [9.17, 15) is 9.59 Å². The average molecular weight is 292 g/mol. The van der Waals surface area contributed by atoms with Crippen LogP contribution in [0.4, 0.5) is 0 Å². The first kappa shape index (κ1) is 17.2. The van der Waals surface area contributed by atoms with E-state index in [1.54, 1.807) is 7.11 Å². The van der Waals surface area contributed by atoms with Crippen molar-refractivity contribution >= 4 is 11.8 Å². The Kier molecular flexibility index (Phi) is 6.37. The van der Waals surface area contributed by atoms with E-state index in [2.05, 4.69) is 10.6 Å². The van der Waals surface area contributed by atoms with Crippen LogP contribution in [-0.2, 0) is 27.5 Å². The lowest BCUT2D eigenvalue weighted by molar-refractivity contribution is -0.131. The van der Waals surface area contributed by atoms with Crippen molar-refractivity contribution in [2.75, 3.05) is 13.7 Å². The zero-order valence-electron chi connectivity index (χ0n) is 13.2. The van der Waals surface area contributed by atoms with Crippen molar-refractivity contribution in [3.8, 4) is 0 Å². The summed E-state index contributed by atoms with van der Waals surface area (Å²) in [5.41, 5.74) is 1.60. The number of nitrogens with one attached hydrogen (secondary N) is 2. The molecule has 2 N–H and O–H groups in total. The molecule has 0 spiro atoms. The molecular formula is C16H24N2O3. The van der Waals surface area contributed by atoms with Gasteiger partial charge in [-0.25, -0.2) is 0 Å². The minimum Gasteiger partial charge on any atom is -0.380 e. The molecule has 0 heterocycles. The van der Waals surface area contributed by atoms with E-state index < -0.39 is 5.41 Å². The van der Waals surface area contributed by atoms with Gasteiger partial charge in [0.1, 0.15) is 0 Å². The topological polar surface area (TPSA) is 67.4 Å². The van der Waals surface area contributed by atoms with Crippen LogP contribution in [0.2, 0.25) is 0 Å². The number of hydrogen-bond donors (Lipinski definition) is 2. The number of ether oxygens (including phenoxy) is 1. The highest BCUT2D eigenvalue weighted by molar-refractivity contribution is 5.87. The van der Waals surface area contributed by atoms with E-state index in [0.29, 0.717) is 13.2 Å². The van der Waals surface area contributed by atoms with Gasteiger partial charge in [-0.05, 0) is 11.1 Å². The van der Waals surface area contributed by atoms with Crippen molar-refractivity contribution in [3.63, 3.8) is 0 Å². The fourth-order valence-electron chi connectivity index (χ4n) is 1.61. The Labute approximate surface area is 126 Å². The maximum Gasteiger partial charge on any atom is 0.239 e. The molecule has 0 aliphatic carbocycles. The molecule has 5 nitrogen and oxygen atoms in total. The Bertz CT molecular complexity index is 475. The van der Waals surface area contributed by atoms with Crippen LogP contribution in [0.25, 0.3) is 0 Å². The molecule has 0 aliphatic rings. The minimum atomic E-state index is -0.489. The Balaban J connectivity index is 2.34. The van der Waals surface area contributed by atoms with Gasteiger partial charge in [0.05, 0.1) is 13.2 Å². The largest absolute Gasteiger partial charge is 0.380 e. The highest BCUT2D eigenvalue weighted by atomic mass is 16.5. The zero-order valence-corrected chi connectivity index (χ0v) is 13.2. The number of methoxy groups -OCH3 is 1. The second-order valence-electron chi connectivity index (χ2n) is 5.96. The standard InChI is InChI=1S/C16H24N2O3/c1-16(2,3)15(20)18-10-14(19)17-9-12-5-7-13(8-6-12)11-21-4/h5-8H,9-11H2,1-4H3,(H,17,19)(H,18,20). The predicted molar refractivity (Wildman–Crippen MR) is 81.5 cm³/mol. The van der Waals surface area contributed by atoms with Crippen molar-refractivity contribution in [2.24, 2.45) is 5.41 Å². The van der Waals surface area contributed by atoms with E-state index in [4.69, 9.17) is 4.74 Å². The van der Waals surface area contributed by atoms with Crippen LogP contribution in [0, 0.1) is 5.41 Å². The Morgan fingerprint density at radius 2 is 1.62 bits per heavy atom. The van der Waals surface area contributed by atoms with Crippen molar-refractivity contribution in [3.05, 3.63) is 35.4 Å². The van der Waals surface area contributed by atoms with Gasteiger partial charge < -0.3 is 15.4 Å². The van der Waals surface area contributed by atoms with Crippen LogP contribution < -0.4 is 10.6 Å². The third-order valence-corrected chi connectivity index (χ3v) is 2.91. The molecule has 1 rings (SSSR count). The number of hydrogen-bond acceptors (Lipinski definition) is 3. The summed E-state index contributed by atoms with van der Waals surface area (Å²) < 4.78 is 5.04. The summed E-state index contributed by atoms with van der Waals surface area (Å²) in [6.45, 7) is 6.44. The molecule has 0 fully saturated rings. The smallest absolute Gasteiger partial charge is 0.239 e. The minimum absolute atomic E-state index is 0.00212. The molecule has 0 saturated heterocycles. The van der Waals surface area contributed by atoms with Gasteiger partial charge in [-0.15, -0.1) is 0 Å². The van der Waals surface area contributed by atoms with Crippen LogP contribution in [0.5, 0.6) is 0 Å². The van der Waals surface area contributed by atoms with E-state index in [-0.39, 0.29) is 18.4 Å². The molecule has 116 valence electrons. The van der Waals surface area contributed by atoms with Crippen LogP contribution >= 0.6 is 0 Å². The molecule has 0 aromatic heterocycles. The lowest BCUT2D eigenvalue weighted by Gasteiger charge is -2.17. The van der Waals surface area contributed by atoms with Crippen LogP contribution in [0.1, 0.15) is 31.9 Å². The lowest BCUT2D eigenvalue weighted by Crippen LogP contribution is -2.41.